The van der Waals surface area contributed by atoms with Gasteiger partial charge in [-0.25, -0.2) is 4.79 Å². The Balaban J connectivity index is 0.923. The molecule has 3 heterocycles. The molecule has 43 heavy (non-hydrogen) atoms. The van der Waals surface area contributed by atoms with Crippen LogP contribution in [0.25, 0.3) is 0 Å². The van der Waals surface area contributed by atoms with E-state index in [-0.39, 0.29) is 42.9 Å². The number of nitrogens with zero attached hydrogens (tertiary/aromatic N) is 2. The Hall–Kier alpha value is -3.76. The van der Waals surface area contributed by atoms with Gasteiger partial charge in [0.2, 0.25) is 11.8 Å². The molecular formula is C33H41N5O5. The molecule has 0 radical (unpaired) electrons. The minimum Gasteiger partial charge on any atom is -0.445 e. The Morgan fingerprint density at radius 3 is 2.40 bits per heavy atom. The third-order valence-corrected chi connectivity index (χ3v) is 9.54. The quantitative estimate of drug-likeness (QED) is 0.406. The largest absolute Gasteiger partial charge is 0.445 e. The lowest BCUT2D eigenvalue weighted by Crippen LogP contribution is -2.52. The number of ether oxygens (including phenoxy) is 1. The molecule has 3 aliphatic heterocycles. The predicted octanol–water partition coefficient (Wildman–Crippen LogP) is 3.24. The van der Waals surface area contributed by atoms with Gasteiger partial charge in [-0.05, 0) is 80.8 Å². The number of hydrogen-bond acceptors (Lipinski definition) is 7. The number of likely N-dealkylation sites (tertiary alicyclic amines) is 1. The number of hydrogen-bond donors (Lipinski definition) is 3. The lowest BCUT2D eigenvalue weighted by atomic mass is 9.89. The molecule has 10 heteroatoms. The molecule has 0 aromatic heterocycles. The van der Waals surface area contributed by atoms with Gasteiger partial charge in [-0.1, -0.05) is 42.5 Å². The van der Waals surface area contributed by atoms with Gasteiger partial charge in [0.25, 0.3) is 5.91 Å². The second-order valence-electron chi connectivity index (χ2n) is 12.2. The Morgan fingerprint density at radius 1 is 0.884 bits per heavy atom. The van der Waals surface area contributed by atoms with Crippen molar-refractivity contribution in [2.75, 3.05) is 13.1 Å². The van der Waals surface area contributed by atoms with Crippen LogP contribution >= 0.6 is 0 Å². The average molecular weight is 588 g/mol. The van der Waals surface area contributed by atoms with Crippen molar-refractivity contribution in [1.29, 1.82) is 0 Å². The highest BCUT2D eigenvalue weighted by Gasteiger charge is 2.40. The second kappa shape index (κ2) is 13.3. The van der Waals surface area contributed by atoms with Crippen LogP contribution in [-0.2, 0) is 34.0 Å². The SMILES string of the molecule is O=C1CCC(N2Cc3c(CNC4CCN(C5CCC(NC(=O)OCc6ccccc6)CC5)CC4)cccc3C2=O)C(=O)N1. The van der Waals surface area contributed by atoms with Crippen LogP contribution in [0.1, 0.15) is 78.4 Å². The van der Waals surface area contributed by atoms with Gasteiger partial charge in [0, 0.05) is 43.2 Å². The number of piperidine rings is 2. The van der Waals surface area contributed by atoms with Gasteiger partial charge in [-0.15, -0.1) is 0 Å². The molecule has 0 bridgehead atoms. The summed E-state index contributed by atoms with van der Waals surface area (Å²) in [6.45, 7) is 3.47. The highest BCUT2D eigenvalue weighted by atomic mass is 16.5. The minimum atomic E-state index is -0.595. The van der Waals surface area contributed by atoms with Crippen molar-refractivity contribution in [3.63, 3.8) is 0 Å². The maximum atomic E-state index is 13.1. The molecule has 4 amide bonds. The van der Waals surface area contributed by atoms with Crippen molar-refractivity contribution in [2.45, 2.75) is 95.2 Å². The maximum absolute atomic E-state index is 13.1. The average Bonchev–Trinajstić information content (AvgIpc) is 3.36. The fourth-order valence-electron chi connectivity index (χ4n) is 7.06. The van der Waals surface area contributed by atoms with Crippen molar-refractivity contribution < 1.29 is 23.9 Å². The molecule has 10 nitrogen and oxygen atoms in total. The van der Waals surface area contributed by atoms with Gasteiger partial charge in [0.05, 0.1) is 0 Å². The van der Waals surface area contributed by atoms with Crippen LogP contribution in [0.3, 0.4) is 0 Å². The Labute approximate surface area is 252 Å². The topological polar surface area (TPSA) is 120 Å². The normalized spacial score (nSPS) is 24.9. The second-order valence-corrected chi connectivity index (χ2v) is 12.2. The monoisotopic (exact) mass is 587 g/mol. The number of imide groups is 1. The van der Waals surface area contributed by atoms with E-state index in [1.54, 1.807) is 4.90 Å². The Kier molecular flexibility index (Phi) is 9.04. The van der Waals surface area contributed by atoms with Crippen LogP contribution in [0.15, 0.2) is 48.5 Å². The van der Waals surface area contributed by atoms with Crippen LogP contribution in [0.4, 0.5) is 4.79 Å². The fourth-order valence-corrected chi connectivity index (χ4v) is 7.06. The summed E-state index contributed by atoms with van der Waals surface area (Å²) in [6, 6.07) is 16.1. The molecular weight excluding hydrogens is 546 g/mol. The van der Waals surface area contributed by atoms with E-state index in [1.807, 2.05) is 42.5 Å². The standard InChI is InChI=1S/C33H41N5O5/c39-30-14-13-29(31(40)36-30)38-20-28-23(7-4-8-27(28)32(38)41)19-34-24-15-17-37(18-16-24)26-11-9-25(10-12-26)35-33(42)43-21-22-5-2-1-3-6-22/h1-8,24-26,29,34H,9-21H2,(H,35,42)(H,36,39,40). The molecule has 2 aromatic rings. The Bertz CT molecular complexity index is 1330. The lowest BCUT2D eigenvalue weighted by Gasteiger charge is -2.41. The van der Waals surface area contributed by atoms with Crippen LogP contribution in [0.5, 0.6) is 0 Å². The van der Waals surface area contributed by atoms with Crippen LogP contribution in [0, 0.1) is 0 Å². The number of carbonyl (C=O) groups is 4. The van der Waals surface area contributed by atoms with E-state index in [9.17, 15) is 19.2 Å². The molecule has 1 unspecified atom stereocenters. The molecule has 4 aliphatic rings. The van der Waals surface area contributed by atoms with Crippen LogP contribution in [-0.4, -0.2) is 70.9 Å². The van der Waals surface area contributed by atoms with E-state index in [4.69, 9.17) is 4.74 Å². The molecule has 2 aromatic carbocycles. The zero-order valence-corrected chi connectivity index (χ0v) is 24.6. The zero-order chi connectivity index (χ0) is 29.8. The van der Waals surface area contributed by atoms with E-state index in [0.717, 1.165) is 68.3 Å². The molecule has 1 saturated carbocycles. The van der Waals surface area contributed by atoms with E-state index in [1.165, 1.54) is 0 Å². The van der Waals surface area contributed by atoms with E-state index >= 15 is 0 Å². The lowest BCUT2D eigenvalue weighted by molar-refractivity contribution is -0.136. The van der Waals surface area contributed by atoms with Gasteiger partial charge in [-0.3, -0.25) is 19.7 Å². The zero-order valence-electron chi connectivity index (χ0n) is 24.6. The summed E-state index contributed by atoms with van der Waals surface area (Å²) in [5.41, 5.74) is 3.72. The van der Waals surface area contributed by atoms with Gasteiger partial charge in [0.15, 0.2) is 0 Å². The van der Waals surface area contributed by atoms with Crippen molar-refractivity contribution in [2.24, 2.45) is 0 Å². The molecule has 3 fully saturated rings. The fraction of sp³-hybridized carbons (Fsp3) is 0.515. The molecule has 6 rings (SSSR count). The third-order valence-electron chi connectivity index (χ3n) is 9.54. The van der Waals surface area contributed by atoms with Gasteiger partial charge in [-0.2, -0.15) is 0 Å². The molecule has 0 spiro atoms. The first kappa shape index (κ1) is 29.3. The summed E-state index contributed by atoms with van der Waals surface area (Å²) in [5.74, 6) is -0.786. The third kappa shape index (κ3) is 6.91. The highest BCUT2D eigenvalue weighted by molar-refractivity contribution is 6.05. The summed E-state index contributed by atoms with van der Waals surface area (Å²) in [4.78, 5) is 53.6. The van der Waals surface area contributed by atoms with E-state index in [2.05, 4.69) is 26.9 Å². The summed E-state index contributed by atoms with van der Waals surface area (Å²) in [7, 11) is 0. The number of benzene rings is 2. The van der Waals surface area contributed by atoms with Crippen LogP contribution in [0.2, 0.25) is 0 Å². The first-order valence-corrected chi connectivity index (χ1v) is 15.6. The first-order valence-electron chi connectivity index (χ1n) is 15.6. The van der Waals surface area contributed by atoms with Crippen molar-refractivity contribution >= 4 is 23.8 Å². The number of amides is 4. The number of alkyl carbamates (subject to hydrolysis) is 1. The summed E-state index contributed by atoms with van der Waals surface area (Å²) >= 11 is 0. The van der Waals surface area contributed by atoms with Crippen LogP contribution < -0.4 is 16.0 Å². The summed E-state index contributed by atoms with van der Waals surface area (Å²) in [6.07, 6.45) is 6.53. The minimum absolute atomic E-state index is 0.131. The van der Waals surface area contributed by atoms with Gasteiger partial charge < -0.3 is 25.2 Å². The van der Waals surface area contributed by atoms with Crippen molar-refractivity contribution in [1.82, 2.24) is 25.8 Å². The number of rotatable bonds is 8. The van der Waals surface area contributed by atoms with Gasteiger partial charge in [0.1, 0.15) is 12.6 Å². The number of fused-ring (bicyclic) bond motifs is 1. The summed E-state index contributed by atoms with van der Waals surface area (Å²) < 4.78 is 5.40. The Morgan fingerprint density at radius 2 is 1.65 bits per heavy atom. The maximum Gasteiger partial charge on any atom is 0.407 e. The number of nitrogens with one attached hydrogen (secondary N) is 3. The summed E-state index contributed by atoms with van der Waals surface area (Å²) in [5, 5.41) is 9.15. The van der Waals surface area contributed by atoms with E-state index in [0.29, 0.717) is 37.2 Å². The molecule has 3 N–H and O–H groups in total. The first-order chi connectivity index (χ1) is 20.9. The molecule has 2 saturated heterocycles. The number of carbonyl (C=O) groups excluding carboxylic acids is 4. The molecule has 1 atom stereocenters. The smallest absolute Gasteiger partial charge is 0.407 e. The van der Waals surface area contributed by atoms with Crippen molar-refractivity contribution in [3.8, 4) is 0 Å². The van der Waals surface area contributed by atoms with Crippen molar-refractivity contribution in [3.05, 3.63) is 70.8 Å². The highest BCUT2D eigenvalue weighted by Crippen LogP contribution is 2.30. The van der Waals surface area contributed by atoms with E-state index < -0.39 is 6.04 Å². The predicted molar refractivity (Wildman–Crippen MR) is 160 cm³/mol. The molecule has 1 aliphatic carbocycles. The van der Waals surface area contributed by atoms with Gasteiger partial charge >= 0.3 is 6.09 Å². The molecule has 228 valence electrons.